The second-order valence-corrected chi connectivity index (χ2v) is 9.22. The molecular weight excluding hydrogens is 412 g/mol. The van der Waals surface area contributed by atoms with Crippen molar-refractivity contribution in [3.63, 3.8) is 0 Å². The maximum absolute atomic E-state index is 12.9. The Balaban J connectivity index is 2.49. The fourth-order valence-electron chi connectivity index (χ4n) is 4.10. The zero-order valence-electron chi connectivity index (χ0n) is 19.6. The third kappa shape index (κ3) is 4.35. The Kier molecular flexibility index (Phi) is 6.49. The Morgan fingerprint density at radius 2 is 1.77 bits per heavy atom. The lowest BCUT2D eigenvalue weighted by atomic mass is 9.91. The summed E-state index contributed by atoms with van der Waals surface area (Å²) in [5, 5.41) is 1.68. The smallest absolute Gasteiger partial charge is 0.339 e. The van der Waals surface area contributed by atoms with Crippen LogP contribution < -0.4 is 0 Å². The van der Waals surface area contributed by atoms with Crippen LogP contribution in [-0.4, -0.2) is 28.2 Å². The molecule has 0 aliphatic heterocycles. The van der Waals surface area contributed by atoms with E-state index < -0.39 is 17.7 Å². The summed E-state index contributed by atoms with van der Waals surface area (Å²) in [5.74, 6) is -0.446. The van der Waals surface area contributed by atoms with Crippen LogP contribution in [0.5, 0.6) is 0 Å². The molecule has 31 heavy (non-hydrogen) atoms. The van der Waals surface area contributed by atoms with Gasteiger partial charge in [0.1, 0.15) is 5.65 Å². The van der Waals surface area contributed by atoms with Gasteiger partial charge in [0.15, 0.2) is 6.10 Å². The van der Waals surface area contributed by atoms with Crippen molar-refractivity contribution in [2.75, 3.05) is 7.11 Å². The van der Waals surface area contributed by atoms with E-state index in [1.54, 1.807) is 0 Å². The molecule has 0 saturated heterocycles. The van der Waals surface area contributed by atoms with Crippen LogP contribution in [-0.2, 0) is 20.8 Å². The summed E-state index contributed by atoms with van der Waals surface area (Å²) in [6.07, 6.45) is -0.905. The number of ether oxygens (including phenoxy) is 2. The minimum Gasteiger partial charge on any atom is -0.467 e. The standard InChI is InChI=1S/C25H31ClN2O3/c1-9-28-16(4)14(2)19-21(17-10-12-18(26)13-11-17)20(15(3)27-23(19)28)22(24(29)30-8)31-25(5,6)7/h10-13,22H,9H2,1-8H3. The van der Waals surface area contributed by atoms with Crippen molar-refractivity contribution < 1.29 is 14.3 Å². The highest BCUT2D eigenvalue weighted by molar-refractivity contribution is 6.30. The van der Waals surface area contributed by atoms with E-state index in [4.69, 9.17) is 26.1 Å². The van der Waals surface area contributed by atoms with E-state index in [-0.39, 0.29) is 0 Å². The highest BCUT2D eigenvalue weighted by atomic mass is 35.5. The van der Waals surface area contributed by atoms with Gasteiger partial charge in [0.25, 0.3) is 0 Å². The normalized spacial score (nSPS) is 12.9. The van der Waals surface area contributed by atoms with E-state index in [1.165, 1.54) is 7.11 Å². The van der Waals surface area contributed by atoms with Crippen molar-refractivity contribution in [3.05, 3.63) is 51.8 Å². The van der Waals surface area contributed by atoms with Gasteiger partial charge in [0.05, 0.1) is 12.7 Å². The van der Waals surface area contributed by atoms with Crippen LogP contribution in [0.4, 0.5) is 0 Å². The number of methoxy groups -OCH3 is 1. The Hall–Kier alpha value is -2.37. The van der Waals surface area contributed by atoms with Crippen LogP contribution in [0.1, 0.15) is 56.3 Å². The lowest BCUT2D eigenvalue weighted by Gasteiger charge is -2.28. The number of hydrogen-bond donors (Lipinski definition) is 0. The Morgan fingerprint density at radius 1 is 1.16 bits per heavy atom. The second-order valence-electron chi connectivity index (χ2n) is 8.78. The third-order valence-corrected chi connectivity index (χ3v) is 5.83. The predicted octanol–water partition coefficient (Wildman–Crippen LogP) is 6.33. The molecule has 2 aromatic heterocycles. The van der Waals surface area contributed by atoms with Gasteiger partial charge in [-0.2, -0.15) is 0 Å². The highest BCUT2D eigenvalue weighted by Crippen LogP contribution is 2.42. The van der Waals surface area contributed by atoms with Gasteiger partial charge < -0.3 is 14.0 Å². The Bertz CT molecular complexity index is 1120. The number of benzene rings is 1. The predicted molar refractivity (Wildman–Crippen MR) is 126 cm³/mol. The lowest BCUT2D eigenvalue weighted by molar-refractivity contribution is -0.164. The van der Waals surface area contributed by atoms with Gasteiger partial charge in [-0.15, -0.1) is 0 Å². The molecule has 0 N–H and O–H groups in total. The number of pyridine rings is 1. The highest BCUT2D eigenvalue weighted by Gasteiger charge is 2.34. The second kappa shape index (κ2) is 8.64. The summed E-state index contributed by atoms with van der Waals surface area (Å²) < 4.78 is 13.6. The van der Waals surface area contributed by atoms with Gasteiger partial charge in [-0.05, 0) is 71.7 Å². The molecule has 3 aromatic rings. The van der Waals surface area contributed by atoms with Gasteiger partial charge in [-0.25, -0.2) is 9.78 Å². The molecule has 5 nitrogen and oxygen atoms in total. The van der Waals surface area contributed by atoms with Crippen LogP contribution in [0, 0.1) is 20.8 Å². The SMILES string of the molecule is CCn1c(C)c(C)c2c(-c3ccc(Cl)cc3)c(C(OC(C)(C)C)C(=O)OC)c(C)nc21. The molecule has 0 spiro atoms. The summed E-state index contributed by atoms with van der Waals surface area (Å²) >= 11 is 6.18. The first-order valence-corrected chi connectivity index (χ1v) is 10.9. The number of aromatic nitrogens is 2. The minimum atomic E-state index is -0.905. The van der Waals surface area contributed by atoms with Crippen LogP contribution in [0.25, 0.3) is 22.2 Å². The number of nitrogens with zero attached hydrogens (tertiary/aromatic N) is 2. The molecule has 0 bridgehead atoms. The van der Waals surface area contributed by atoms with E-state index in [9.17, 15) is 4.79 Å². The molecule has 0 aliphatic carbocycles. The molecule has 1 unspecified atom stereocenters. The van der Waals surface area contributed by atoms with Crippen molar-refractivity contribution in [3.8, 4) is 11.1 Å². The number of fused-ring (bicyclic) bond motifs is 1. The number of carbonyl (C=O) groups excluding carboxylic acids is 1. The zero-order valence-corrected chi connectivity index (χ0v) is 20.3. The van der Waals surface area contributed by atoms with Crippen molar-refractivity contribution in [2.24, 2.45) is 0 Å². The number of halogens is 1. The van der Waals surface area contributed by atoms with E-state index in [2.05, 4.69) is 25.3 Å². The van der Waals surface area contributed by atoms with E-state index in [1.807, 2.05) is 52.0 Å². The Labute approximate surface area is 189 Å². The minimum absolute atomic E-state index is 0.446. The monoisotopic (exact) mass is 442 g/mol. The molecule has 3 rings (SSSR count). The van der Waals surface area contributed by atoms with Gasteiger partial charge in [-0.1, -0.05) is 23.7 Å². The molecule has 0 radical (unpaired) electrons. The number of rotatable bonds is 5. The summed E-state index contributed by atoms with van der Waals surface area (Å²) in [4.78, 5) is 17.9. The van der Waals surface area contributed by atoms with E-state index in [0.717, 1.165) is 51.2 Å². The van der Waals surface area contributed by atoms with Crippen molar-refractivity contribution in [2.45, 2.75) is 66.7 Å². The van der Waals surface area contributed by atoms with Gasteiger partial charge >= 0.3 is 5.97 Å². The molecule has 1 aromatic carbocycles. The number of hydrogen-bond acceptors (Lipinski definition) is 4. The van der Waals surface area contributed by atoms with Crippen molar-refractivity contribution in [1.82, 2.24) is 9.55 Å². The maximum atomic E-state index is 12.9. The topological polar surface area (TPSA) is 53.4 Å². The first-order chi connectivity index (χ1) is 14.5. The van der Waals surface area contributed by atoms with Crippen molar-refractivity contribution in [1.29, 1.82) is 0 Å². The molecule has 1 atom stereocenters. The fourth-order valence-corrected chi connectivity index (χ4v) is 4.23. The van der Waals surface area contributed by atoms with Crippen molar-refractivity contribution >= 4 is 28.6 Å². The first kappa shape index (κ1) is 23.3. The molecule has 0 saturated carbocycles. The Morgan fingerprint density at radius 3 is 2.29 bits per heavy atom. The molecular formula is C25H31ClN2O3. The van der Waals surface area contributed by atoms with Crippen LogP contribution in [0.3, 0.4) is 0 Å². The average molecular weight is 443 g/mol. The molecule has 0 amide bonds. The van der Waals surface area contributed by atoms with Crippen LogP contribution >= 0.6 is 11.6 Å². The quantitative estimate of drug-likeness (QED) is 0.433. The van der Waals surface area contributed by atoms with Gasteiger partial charge in [-0.3, -0.25) is 0 Å². The van der Waals surface area contributed by atoms with E-state index in [0.29, 0.717) is 5.02 Å². The maximum Gasteiger partial charge on any atom is 0.339 e. The summed E-state index contributed by atoms with van der Waals surface area (Å²) in [6.45, 7) is 14.8. The molecule has 2 heterocycles. The third-order valence-electron chi connectivity index (χ3n) is 5.58. The first-order valence-electron chi connectivity index (χ1n) is 10.5. The van der Waals surface area contributed by atoms with E-state index >= 15 is 0 Å². The molecule has 166 valence electrons. The zero-order chi connectivity index (χ0) is 23.1. The summed E-state index contributed by atoms with van der Waals surface area (Å²) in [6, 6.07) is 7.67. The largest absolute Gasteiger partial charge is 0.467 e. The van der Waals surface area contributed by atoms with Crippen LogP contribution in [0.15, 0.2) is 24.3 Å². The molecule has 6 heteroatoms. The summed E-state index contributed by atoms with van der Waals surface area (Å²) in [5.41, 5.74) is 6.00. The van der Waals surface area contributed by atoms with Gasteiger partial charge in [0.2, 0.25) is 0 Å². The average Bonchev–Trinajstić information content (AvgIpc) is 2.94. The fraction of sp³-hybridized carbons (Fsp3) is 0.440. The molecule has 0 fully saturated rings. The molecule has 0 aliphatic rings. The summed E-state index contributed by atoms with van der Waals surface area (Å²) in [7, 11) is 1.38. The number of carbonyl (C=O) groups is 1. The van der Waals surface area contributed by atoms with Gasteiger partial charge in [0, 0.05) is 39.5 Å². The lowest BCUT2D eigenvalue weighted by Crippen LogP contribution is -2.29. The van der Waals surface area contributed by atoms with Crippen LogP contribution in [0.2, 0.25) is 5.02 Å². The number of aryl methyl sites for hydroxylation is 3. The number of esters is 1.